The molecule has 1 aromatic rings. The molecule has 0 bridgehead atoms. The Morgan fingerprint density at radius 2 is 2.24 bits per heavy atom. The zero-order chi connectivity index (χ0) is 15.4. The normalized spacial score (nSPS) is 21.3. The van der Waals surface area contributed by atoms with Crippen molar-refractivity contribution in [3.63, 3.8) is 0 Å². The molecule has 0 heterocycles. The van der Waals surface area contributed by atoms with Gasteiger partial charge in [0.05, 0.1) is 6.54 Å². The highest BCUT2D eigenvalue weighted by Crippen LogP contribution is 2.27. The van der Waals surface area contributed by atoms with Crippen LogP contribution in [0.3, 0.4) is 0 Å². The number of aliphatic carboxylic acids is 1. The monoisotopic (exact) mass is 358 g/mol. The number of carbonyl (C=O) groups is 1. The number of halogens is 2. The van der Waals surface area contributed by atoms with Crippen LogP contribution in [0.1, 0.15) is 25.3 Å². The molecule has 2 rings (SSSR count). The Morgan fingerprint density at radius 1 is 1.52 bits per heavy atom. The van der Waals surface area contributed by atoms with E-state index in [1.165, 1.54) is 6.07 Å². The molecule has 0 aliphatic heterocycles. The van der Waals surface area contributed by atoms with Gasteiger partial charge >= 0.3 is 5.97 Å². The molecule has 6 heteroatoms. The van der Waals surface area contributed by atoms with Gasteiger partial charge in [-0.1, -0.05) is 28.9 Å². The number of carboxylic acids is 1. The van der Waals surface area contributed by atoms with Gasteiger partial charge in [-0.15, -0.1) is 0 Å². The van der Waals surface area contributed by atoms with Gasteiger partial charge in [0.1, 0.15) is 5.82 Å². The summed E-state index contributed by atoms with van der Waals surface area (Å²) in [5, 5.41) is 12.2. The summed E-state index contributed by atoms with van der Waals surface area (Å²) in [7, 11) is 0. The zero-order valence-corrected chi connectivity index (χ0v) is 13.6. The van der Waals surface area contributed by atoms with Crippen LogP contribution in [-0.2, 0) is 11.3 Å². The summed E-state index contributed by atoms with van der Waals surface area (Å²) in [6.45, 7) is 3.28. The summed E-state index contributed by atoms with van der Waals surface area (Å²) in [4.78, 5) is 12.7. The third kappa shape index (κ3) is 4.25. The third-order valence-corrected chi connectivity index (χ3v) is 4.75. The molecule has 0 radical (unpaired) electrons. The van der Waals surface area contributed by atoms with Gasteiger partial charge in [-0.2, -0.15) is 0 Å². The van der Waals surface area contributed by atoms with Gasteiger partial charge in [-0.3, -0.25) is 9.69 Å². The SMILES string of the molecule is CCN(CC(=O)O)C1CC(NCc2c(F)cccc2Br)C1. The van der Waals surface area contributed by atoms with E-state index in [0.29, 0.717) is 24.2 Å². The van der Waals surface area contributed by atoms with Gasteiger partial charge in [0.2, 0.25) is 0 Å². The van der Waals surface area contributed by atoms with E-state index in [-0.39, 0.29) is 12.4 Å². The van der Waals surface area contributed by atoms with Crippen LogP contribution < -0.4 is 5.32 Å². The molecule has 2 N–H and O–H groups in total. The minimum absolute atomic E-state index is 0.0900. The lowest BCUT2D eigenvalue weighted by Crippen LogP contribution is -2.53. The zero-order valence-electron chi connectivity index (χ0n) is 12.0. The van der Waals surface area contributed by atoms with E-state index in [1.54, 1.807) is 6.07 Å². The third-order valence-electron chi connectivity index (χ3n) is 4.00. The van der Waals surface area contributed by atoms with Gasteiger partial charge in [0.15, 0.2) is 0 Å². The molecule has 21 heavy (non-hydrogen) atoms. The molecular formula is C15H20BrFN2O2. The number of hydrogen-bond acceptors (Lipinski definition) is 3. The highest BCUT2D eigenvalue weighted by atomic mass is 79.9. The van der Waals surface area contributed by atoms with Crippen LogP contribution in [-0.4, -0.2) is 41.1 Å². The van der Waals surface area contributed by atoms with Crippen molar-refractivity contribution < 1.29 is 14.3 Å². The molecule has 0 aromatic heterocycles. The molecule has 1 aliphatic carbocycles. The standard InChI is InChI=1S/C15H20BrFN2O2/c1-2-19(9-15(20)21)11-6-10(7-11)18-8-12-13(16)4-3-5-14(12)17/h3-5,10-11,18H,2,6-9H2,1H3,(H,20,21). The molecule has 0 unspecified atom stereocenters. The highest BCUT2D eigenvalue weighted by Gasteiger charge is 2.33. The second kappa shape index (κ2) is 7.33. The average Bonchev–Trinajstić information content (AvgIpc) is 2.37. The van der Waals surface area contributed by atoms with Crippen LogP contribution in [0.15, 0.2) is 22.7 Å². The topological polar surface area (TPSA) is 52.6 Å². The Bertz CT molecular complexity index is 486. The van der Waals surface area contributed by atoms with Crippen molar-refractivity contribution in [1.29, 1.82) is 0 Å². The summed E-state index contributed by atoms with van der Waals surface area (Å²) < 4.78 is 14.5. The molecule has 116 valence electrons. The maximum absolute atomic E-state index is 13.7. The highest BCUT2D eigenvalue weighted by molar-refractivity contribution is 9.10. The quantitative estimate of drug-likeness (QED) is 0.786. The van der Waals surface area contributed by atoms with Gasteiger partial charge in [-0.25, -0.2) is 4.39 Å². The second-order valence-corrected chi connectivity index (χ2v) is 6.21. The van der Waals surface area contributed by atoms with Crippen molar-refractivity contribution in [2.75, 3.05) is 13.1 Å². The van der Waals surface area contributed by atoms with E-state index in [4.69, 9.17) is 5.11 Å². The van der Waals surface area contributed by atoms with Gasteiger partial charge in [0, 0.05) is 28.7 Å². The van der Waals surface area contributed by atoms with E-state index in [0.717, 1.165) is 23.9 Å². The summed E-state index contributed by atoms with van der Waals surface area (Å²) in [6, 6.07) is 5.59. The molecule has 4 nitrogen and oxygen atoms in total. The number of hydrogen-bond donors (Lipinski definition) is 2. The molecular weight excluding hydrogens is 339 g/mol. The lowest BCUT2D eigenvalue weighted by atomic mass is 9.85. The van der Waals surface area contributed by atoms with E-state index in [2.05, 4.69) is 21.2 Å². The number of nitrogens with zero attached hydrogens (tertiary/aromatic N) is 1. The molecule has 1 aromatic carbocycles. The maximum Gasteiger partial charge on any atom is 0.317 e. The van der Waals surface area contributed by atoms with Crippen LogP contribution in [0.4, 0.5) is 4.39 Å². The maximum atomic E-state index is 13.7. The summed E-state index contributed by atoms with van der Waals surface area (Å²) in [6.07, 6.45) is 1.82. The van der Waals surface area contributed by atoms with E-state index >= 15 is 0 Å². The molecule has 1 aliphatic rings. The van der Waals surface area contributed by atoms with Crippen molar-refractivity contribution >= 4 is 21.9 Å². The lowest BCUT2D eigenvalue weighted by molar-refractivity contribution is -0.139. The Balaban J connectivity index is 1.79. The van der Waals surface area contributed by atoms with Crippen molar-refractivity contribution in [1.82, 2.24) is 10.2 Å². The van der Waals surface area contributed by atoms with E-state index < -0.39 is 5.97 Å². The fraction of sp³-hybridized carbons (Fsp3) is 0.533. The minimum atomic E-state index is -0.788. The smallest absolute Gasteiger partial charge is 0.317 e. The molecule has 1 fully saturated rings. The fourth-order valence-corrected chi connectivity index (χ4v) is 3.16. The summed E-state index contributed by atoms with van der Waals surface area (Å²) >= 11 is 3.36. The Kier molecular flexibility index (Phi) is 5.72. The van der Waals surface area contributed by atoms with Gasteiger partial charge < -0.3 is 10.4 Å². The van der Waals surface area contributed by atoms with Crippen molar-refractivity contribution in [2.45, 2.75) is 38.4 Å². The van der Waals surface area contributed by atoms with E-state index in [9.17, 15) is 9.18 Å². The Hall–Kier alpha value is -0.980. The Morgan fingerprint density at radius 3 is 2.81 bits per heavy atom. The number of benzene rings is 1. The largest absolute Gasteiger partial charge is 0.480 e. The first-order chi connectivity index (χ1) is 10.0. The molecule has 0 spiro atoms. The minimum Gasteiger partial charge on any atom is -0.480 e. The van der Waals surface area contributed by atoms with Crippen LogP contribution in [0.25, 0.3) is 0 Å². The first-order valence-corrected chi connectivity index (χ1v) is 7.92. The molecule has 1 saturated carbocycles. The Labute approximate surface area is 132 Å². The van der Waals surface area contributed by atoms with Crippen LogP contribution in [0.2, 0.25) is 0 Å². The second-order valence-electron chi connectivity index (χ2n) is 5.36. The number of likely N-dealkylation sites (N-methyl/N-ethyl adjacent to an activating group) is 1. The predicted molar refractivity (Wildman–Crippen MR) is 82.6 cm³/mol. The van der Waals surface area contributed by atoms with Gasteiger partial charge in [0.25, 0.3) is 0 Å². The first kappa shape index (κ1) is 16.4. The lowest BCUT2D eigenvalue weighted by Gasteiger charge is -2.42. The predicted octanol–water partition coefficient (Wildman–Crippen LogP) is 2.62. The molecule has 0 saturated heterocycles. The fourth-order valence-electron chi connectivity index (χ4n) is 2.67. The van der Waals surface area contributed by atoms with Crippen LogP contribution in [0.5, 0.6) is 0 Å². The number of carboxylic acid groups (broad SMARTS) is 1. The van der Waals surface area contributed by atoms with Crippen molar-refractivity contribution in [3.8, 4) is 0 Å². The average molecular weight is 359 g/mol. The first-order valence-electron chi connectivity index (χ1n) is 7.13. The van der Waals surface area contributed by atoms with Crippen LogP contribution >= 0.6 is 15.9 Å². The van der Waals surface area contributed by atoms with Crippen LogP contribution in [0, 0.1) is 5.82 Å². The molecule has 0 atom stereocenters. The van der Waals surface area contributed by atoms with Crippen molar-refractivity contribution in [2.24, 2.45) is 0 Å². The number of rotatable bonds is 7. The number of nitrogens with one attached hydrogen (secondary N) is 1. The summed E-state index contributed by atoms with van der Waals surface area (Å²) in [5.74, 6) is -1.00. The summed E-state index contributed by atoms with van der Waals surface area (Å²) in [5.41, 5.74) is 0.638. The molecule has 0 amide bonds. The van der Waals surface area contributed by atoms with Crippen molar-refractivity contribution in [3.05, 3.63) is 34.1 Å². The van der Waals surface area contributed by atoms with E-state index in [1.807, 2.05) is 17.9 Å². The van der Waals surface area contributed by atoms with Gasteiger partial charge in [-0.05, 0) is 31.5 Å².